The molecule has 1 saturated heterocycles. The van der Waals surface area contributed by atoms with E-state index in [-0.39, 0.29) is 35.7 Å². The second-order valence-corrected chi connectivity index (χ2v) is 6.51. The Kier molecular flexibility index (Phi) is 7.75. The number of hydrogen-bond acceptors (Lipinski definition) is 6. The van der Waals surface area contributed by atoms with Gasteiger partial charge in [-0.3, -0.25) is 9.59 Å². The molecule has 148 valence electrons. The van der Waals surface area contributed by atoms with Crippen LogP contribution in [0.4, 0.5) is 0 Å². The van der Waals surface area contributed by atoms with E-state index in [0.717, 1.165) is 25.9 Å². The lowest BCUT2D eigenvalue weighted by Crippen LogP contribution is -2.42. The maximum absolute atomic E-state index is 12.7. The Bertz CT molecular complexity index is 672. The lowest BCUT2D eigenvalue weighted by atomic mass is 10.0. The topological polar surface area (TPSA) is 114 Å². The van der Waals surface area contributed by atoms with Crippen LogP contribution in [0.1, 0.15) is 37.0 Å². The van der Waals surface area contributed by atoms with Crippen LogP contribution in [0.15, 0.2) is 24.3 Å². The molecular formula is C19H26N2O6. The van der Waals surface area contributed by atoms with Crippen molar-refractivity contribution in [2.75, 3.05) is 19.7 Å². The minimum Gasteiger partial charge on any atom is -0.479 e. The van der Waals surface area contributed by atoms with Crippen LogP contribution in [0.5, 0.6) is 5.75 Å². The lowest BCUT2D eigenvalue weighted by molar-refractivity contribution is -0.144. The van der Waals surface area contributed by atoms with E-state index in [1.165, 1.54) is 13.0 Å². The number of rotatable bonds is 9. The van der Waals surface area contributed by atoms with E-state index in [4.69, 9.17) is 14.6 Å². The third-order valence-corrected chi connectivity index (χ3v) is 4.31. The van der Waals surface area contributed by atoms with E-state index in [1.807, 2.05) is 0 Å². The highest BCUT2D eigenvalue weighted by Gasteiger charge is 2.23. The highest BCUT2D eigenvalue weighted by atomic mass is 16.5. The summed E-state index contributed by atoms with van der Waals surface area (Å²) in [5.74, 6) is -1.69. The fraction of sp³-hybridized carbons (Fsp3) is 0.526. The van der Waals surface area contributed by atoms with Crippen molar-refractivity contribution in [3.05, 3.63) is 29.8 Å². The average Bonchev–Trinajstić information content (AvgIpc) is 2.67. The summed E-state index contributed by atoms with van der Waals surface area (Å²) in [4.78, 5) is 35.7. The van der Waals surface area contributed by atoms with Crippen molar-refractivity contribution in [1.29, 1.82) is 0 Å². The molecule has 0 bridgehead atoms. The van der Waals surface area contributed by atoms with Gasteiger partial charge >= 0.3 is 5.97 Å². The summed E-state index contributed by atoms with van der Waals surface area (Å²) in [7, 11) is 0. The number of para-hydroxylation sites is 1. The highest BCUT2D eigenvalue weighted by molar-refractivity contribution is 6.03. The molecular weight excluding hydrogens is 352 g/mol. The number of ketones is 1. The first kappa shape index (κ1) is 20.9. The molecule has 3 N–H and O–H groups in total. The van der Waals surface area contributed by atoms with Gasteiger partial charge in [-0.25, -0.2) is 4.79 Å². The average molecular weight is 378 g/mol. The third-order valence-electron chi connectivity index (χ3n) is 4.31. The number of hydrogen-bond donors (Lipinski definition) is 3. The first-order valence-corrected chi connectivity index (χ1v) is 9.03. The molecule has 1 amide bonds. The second kappa shape index (κ2) is 10.0. The molecule has 8 nitrogen and oxygen atoms in total. The summed E-state index contributed by atoms with van der Waals surface area (Å²) in [6.07, 6.45) is 0.666. The van der Waals surface area contributed by atoms with Crippen LogP contribution >= 0.6 is 0 Å². The number of Topliss-reactive ketones (excluding diaryl/α,β-unsaturated/α-hetero) is 1. The molecule has 2 unspecified atom stereocenters. The van der Waals surface area contributed by atoms with E-state index in [9.17, 15) is 14.4 Å². The molecule has 1 aliphatic rings. The Hall–Kier alpha value is -2.45. The van der Waals surface area contributed by atoms with Crippen molar-refractivity contribution < 1.29 is 29.0 Å². The molecule has 1 fully saturated rings. The minimum absolute atomic E-state index is 0.0506. The van der Waals surface area contributed by atoms with Gasteiger partial charge in [0.15, 0.2) is 11.9 Å². The van der Waals surface area contributed by atoms with Crippen LogP contribution in [0, 0.1) is 0 Å². The standard InChI is InChI=1S/C19H26N2O6/c1-12(21-17(22)11-26-14-7-9-20-10-8-14)18(23)15-5-3-4-6-16(15)27-13(2)19(24)25/h3-6,12-14,20H,7-11H2,1-2H3,(H,21,22)(H,24,25). The molecule has 0 spiro atoms. The highest BCUT2D eigenvalue weighted by Crippen LogP contribution is 2.21. The Morgan fingerprint density at radius 1 is 1.22 bits per heavy atom. The van der Waals surface area contributed by atoms with Crippen LogP contribution < -0.4 is 15.4 Å². The quantitative estimate of drug-likeness (QED) is 0.549. The van der Waals surface area contributed by atoms with Gasteiger partial charge < -0.3 is 25.2 Å². The molecule has 1 aliphatic heterocycles. The van der Waals surface area contributed by atoms with Gasteiger partial charge in [0.1, 0.15) is 12.4 Å². The Morgan fingerprint density at radius 2 is 1.89 bits per heavy atom. The number of aliphatic carboxylic acids is 1. The number of piperidine rings is 1. The smallest absolute Gasteiger partial charge is 0.344 e. The van der Waals surface area contributed by atoms with Crippen LogP contribution in [0.3, 0.4) is 0 Å². The minimum atomic E-state index is -1.13. The van der Waals surface area contributed by atoms with Crippen LogP contribution in [0.2, 0.25) is 0 Å². The zero-order valence-corrected chi connectivity index (χ0v) is 15.6. The Labute approximate surface area is 158 Å². The van der Waals surface area contributed by atoms with Crippen molar-refractivity contribution in [1.82, 2.24) is 10.6 Å². The largest absolute Gasteiger partial charge is 0.479 e. The molecule has 1 aromatic rings. The third kappa shape index (κ3) is 6.33. The van der Waals surface area contributed by atoms with Gasteiger partial charge in [-0.2, -0.15) is 0 Å². The molecule has 0 saturated carbocycles. The van der Waals surface area contributed by atoms with E-state index < -0.39 is 18.1 Å². The van der Waals surface area contributed by atoms with Gasteiger partial charge in [-0.05, 0) is 51.9 Å². The van der Waals surface area contributed by atoms with E-state index in [2.05, 4.69) is 10.6 Å². The molecule has 2 rings (SSSR count). The number of carbonyl (C=O) groups is 3. The van der Waals surface area contributed by atoms with Gasteiger partial charge in [0.05, 0.1) is 17.7 Å². The van der Waals surface area contributed by atoms with Crippen LogP contribution in [-0.2, 0) is 14.3 Å². The number of carboxylic acid groups (broad SMARTS) is 1. The van der Waals surface area contributed by atoms with Crippen molar-refractivity contribution in [2.24, 2.45) is 0 Å². The van der Waals surface area contributed by atoms with E-state index >= 15 is 0 Å². The van der Waals surface area contributed by atoms with Gasteiger partial charge in [0, 0.05) is 0 Å². The molecule has 0 radical (unpaired) electrons. The van der Waals surface area contributed by atoms with Crippen molar-refractivity contribution in [2.45, 2.75) is 44.9 Å². The maximum atomic E-state index is 12.7. The summed E-state index contributed by atoms with van der Waals surface area (Å²) in [5, 5.41) is 14.8. The van der Waals surface area contributed by atoms with Crippen LogP contribution in [0.25, 0.3) is 0 Å². The zero-order valence-electron chi connectivity index (χ0n) is 15.6. The number of benzene rings is 1. The van der Waals surface area contributed by atoms with E-state index in [0.29, 0.717) is 0 Å². The predicted molar refractivity (Wildman–Crippen MR) is 97.9 cm³/mol. The maximum Gasteiger partial charge on any atom is 0.344 e. The fourth-order valence-corrected chi connectivity index (χ4v) is 2.75. The summed E-state index contributed by atoms with van der Waals surface area (Å²) in [6, 6.07) is 5.58. The molecule has 0 aliphatic carbocycles. The molecule has 8 heteroatoms. The van der Waals surface area contributed by atoms with Gasteiger partial charge in [0.2, 0.25) is 5.91 Å². The molecule has 2 atom stereocenters. The first-order valence-electron chi connectivity index (χ1n) is 9.03. The summed E-state index contributed by atoms with van der Waals surface area (Å²) < 4.78 is 10.9. The normalized spacial score (nSPS) is 17.0. The van der Waals surface area contributed by atoms with Crippen molar-refractivity contribution >= 4 is 17.7 Å². The Balaban J connectivity index is 1.92. The van der Waals surface area contributed by atoms with Crippen molar-refractivity contribution in [3.8, 4) is 5.75 Å². The number of amides is 1. The van der Waals surface area contributed by atoms with Crippen LogP contribution in [-0.4, -0.2) is 60.7 Å². The molecule has 1 heterocycles. The van der Waals surface area contributed by atoms with Gasteiger partial charge in [-0.15, -0.1) is 0 Å². The number of carbonyl (C=O) groups excluding carboxylic acids is 2. The lowest BCUT2D eigenvalue weighted by Gasteiger charge is -2.23. The molecule has 0 aromatic heterocycles. The second-order valence-electron chi connectivity index (χ2n) is 6.51. The molecule has 27 heavy (non-hydrogen) atoms. The summed E-state index contributed by atoms with van der Waals surface area (Å²) in [5.41, 5.74) is 0.220. The number of carboxylic acids is 1. The predicted octanol–water partition coefficient (Wildman–Crippen LogP) is 0.994. The van der Waals surface area contributed by atoms with Crippen molar-refractivity contribution in [3.63, 3.8) is 0 Å². The fourth-order valence-electron chi connectivity index (χ4n) is 2.75. The van der Waals surface area contributed by atoms with Gasteiger partial charge in [-0.1, -0.05) is 12.1 Å². The van der Waals surface area contributed by atoms with Gasteiger partial charge in [0.25, 0.3) is 0 Å². The monoisotopic (exact) mass is 378 g/mol. The first-order chi connectivity index (χ1) is 12.9. The number of ether oxygens (including phenoxy) is 2. The summed E-state index contributed by atoms with van der Waals surface area (Å²) in [6.45, 7) is 4.59. The zero-order chi connectivity index (χ0) is 19.8. The Morgan fingerprint density at radius 3 is 2.56 bits per heavy atom. The van der Waals surface area contributed by atoms with E-state index in [1.54, 1.807) is 25.1 Å². The number of nitrogens with one attached hydrogen (secondary N) is 2. The summed E-state index contributed by atoms with van der Waals surface area (Å²) >= 11 is 0. The molecule has 1 aromatic carbocycles. The SMILES string of the molecule is CC(NC(=O)COC1CCNCC1)C(=O)c1ccccc1OC(C)C(=O)O.